The molecule has 2 saturated heterocycles. The maximum atomic E-state index is 5.34. The van der Waals surface area contributed by atoms with Crippen molar-refractivity contribution in [3.63, 3.8) is 0 Å². The van der Waals surface area contributed by atoms with Gasteiger partial charge in [0.25, 0.3) is 0 Å². The van der Waals surface area contributed by atoms with Crippen molar-refractivity contribution in [2.24, 2.45) is 0 Å². The van der Waals surface area contributed by atoms with Gasteiger partial charge in [-0.3, -0.25) is 0 Å². The summed E-state index contributed by atoms with van der Waals surface area (Å²) < 4.78 is 5.34. The van der Waals surface area contributed by atoms with Gasteiger partial charge in [0.05, 0.1) is 0 Å². The molecule has 8 heavy (non-hydrogen) atoms. The van der Waals surface area contributed by atoms with E-state index in [1.54, 1.807) is 0 Å². The molecule has 2 aliphatic heterocycles. The molecule has 0 spiro atoms. The van der Waals surface area contributed by atoms with E-state index in [9.17, 15) is 0 Å². The Morgan fingerprint density at radius 2 is 1.75 bits per heavy atom. The van der Waals surface area contributed by atoms with E-state index in [4.69, 9.17) is 4.74 Å². The van der Waals surface area contributed by atoms with Crippen molar-refractivity contribution in [3.05, 3.63) is 0 Å². The van der Waals surface area contributed by atoms with Crippen molar-refractivity contribution in [2.45, 2.75) is 34.2 Å². The van der Waals surface area contributed by atoms with Crippen LogP contribution in [0.2, 0.25) is 22.0 Å². The molecular formula is C6H12GeO. The summed E-state index contributed by atoms with van der Waals surface area (Å²) in [6.07, 6.45) is 1.48. The second-order valence-electron chi connectivity index (χ2n) is 3.79. The van der Waals surface area contributed by atoms with Crippen molar-refractivity contribution in [2.75, 3.05) is 0 Å². The number of fused-ring (bicyclic) bond motifs is 1. The summed E-state index contributed by atoms with van der Waals surface area (Å²) in [5.74, 6) is 5.02. The second kappa shape index (κ2) is 1.32. The Bertz CT molecular complexity index is 110. The van der Waals surface area contributed by atoms with Crippen molar-refractivity contribution < 1.29 is 4.74 Å². The number of epoxide rings is 1. The van der Waals surface area contributed by atoms with Gasteiger partial charge in [0, 0.05) is 0 Å². The third-order valence-corrected chi connectivity index (χ3v) is 8.52. The van der Waals surface area contributed by atoms with Gasteiger partial charge in [-0.05, 0) is 0 Å². The molecule has 0 aliphatic carbocycles. The summed E-state index contributed by atoms with van der Waals surface area (Å²) >= 11 is -1.12. The molecule has 0 N–H and O–H groups in total. The predicted molar refractivity (Wildman–Crippen MR) is 35.8 cm³/mol. The van der Waals surface area contributed by atoms with Crippen LogP contribution in [-0.4, -0.2) is 25.5 Å². The number of hydrogen-bond donors (Lipinski definition) is 0. The van der Waals surface area contributed by atoms with E-state index in [0.717, 1.165) is 12.2 Å². The van der Waals surface area contributed by atoms with Crippen molar-refractivity contribution in [1.82, 2.24) is 0 Å². The summed E-state index contributed by atoms with van der Waals surface area (Å²) in [6.45, 7) is 0. The Hall–Kier alpha value is 0.503. The van der Waals surface area contributed by atoms with Crippen LogP contribution in [0.25, 0.3) is 0 Å². The van der Waals surface area contributed by atoms with E-state index in [-0.39, 0.29) is 0 Å². The molecule has 2 atom stereocenters. The zero-order valence-corrected chi connectivity index (χ0v) is 7.58. The molecule has 0 aromatic heterocycles. The fraction of sp³-hybridized carbons (Fsp3) is 1.00. The van der Waals surface area contributed by atoms with Gasteiger partial charge in [-0.25, -0.2) is 0 Å². The summed E-state index contributed by atoms with van der Waals surface area (Å²) in [4.78, 5) is 0. The molecule has 2 rings (SSSR count). The normalized spacial score (nSPS) is 48.8. The Balaban J connectivity index is 2.08. The van der Waals surface area contributed by atoms with Crippen molar-refractivity contribution in [3.8, 4) is 0 Å². The maximum absolute atomic E-state index is 5.34. The van der Waals surface area contributed by atoms with Gasteiger partial charge in [0.15, 0.2) is 0 Å². The first-order chi connectivity index (χ1) is 3.67. The van der Waals surface area contributed by atoms with Crippen molar-refractivity contribution >= 4 is 13.3 Å². The van der Waals surface area contributed by atoms with Gasteiger partial charge in [-0.2, -0.15) is 0 Å². The van der Waals surface area contributed by atoms with Crippen LogP contribution in [0.4, 0.5) is 0 Å². The van der Waals surface area contributed by atoms with Gasteiger partial charge in [0.2, 0.25) is 0 Å². The molecule has 2 heterocycles. The molecule has 1 nitrogen and oxygen atoms in total. The van der Waals surface area contributed by atoms with E-state index in [0.29, 0.717) is 0 Å². The number of ether oxygens (including phenoxy) is 1. The first-order valence-electron chi connectivity index (χ1n) is 3.33. The van der Waals surface area contributed by atoms with Crippen LogP contribution in [0.5, 0.6) is 0 Å². The monoisotopic (exact) mass is 174 g/mol. The van der Waals surface area contributed by atoms with Gasteiger partial charge in [0.1, 0.15) is 0 Å². The van der Waals surface area contributed by atoms with Gasteiger partial charge >= 0.3 is 52.2 Å². The fourth-order valence-electron chi connectivity index (χ4n) is 1.71. The van der Waals surface area contributed by atoms with E-state index in [1.165, 1.54) is 10.5 Å². The molecule has 0 aromatic rings. The van der Waals surface area contributed by atoms with Gasteiger partial charge in [-0.1, -0.05) is 0 Å². The standard InChI is InChI=1S/C6H12GeO/c1-7(2)3-5-6(4-7)8-5/h5-6H,3-4H2,1-2H3. The molecule has 2 heteroatoms. The van der Waals surface area contributed by atoms with Crippen LogP contribution in [0.1, 0.15) is 0 Å². The molecular weight excluding hydrogens is 161 g/mol. The quantitative estimate of drug-likeness (QED) is 0.399. The number of rotatable bonds is 0. The molecule has 2 aliphatic rings. The molecule has 2 fully saturated rings. The number of hydrogen-bond acceptors (Lipinski definition) is 1. The van der Waals surface area contributed by atoms with Crippen LogP contribution in [-0.2, 0) is 4.74 Å². The van der Waals surface area contributed by atoms with Crippen LogP contribution in [0, 0.1) is 0 Å². The first kappa shape index (κ1) is 5.30. The topological polar surface area (TPSA) is 12.5 Å². The van der Waals surface area contributed by atoms with Crippen molar-refractivity contribution in [1.29, 1.82) is 0 Å². The van der Waals surface area contributed by atoms with Gasteiger partial charge < -0.3 is 0 Å². The first-order valence-corrected chi connectivity index (χ1v) is 10.5. The van der Waals surface area contributed by atoms with E-state index in [1.807, 2.05) is 0 Å². The predicted octanol–water partition coefficient (Wildman–Crippen LogP) is 1.48. The minimum absolute atomic E-state index is 0.741. The molecule has 0 amide bonds. The molecule has 0 bridgehead atoms. The van der Waals surface area contributed by atoms with E-state index in [2.05, 4.69) is 11.5 Å². The average molecular weight is 173 g/mol. The summed E-state index contributed by atoms with van der Waals surface area (Å²) in [6, 6.07) is 0. The Morgan fingerprint density at radius 3 is 2.00 bits per heavy atom. The second-order valence-corrected chi connectivity index (χ2v) is 14.6. The van der Waals surface area contributed by atoms with E-state index < -0.39 is 13.3 Å². The third-order valence-electron chi connectivity index (χ3n) is 2.20. The molecule has 2 unspecified atom stereocenters. The molecule has 0 aromatic carbocycles. The van der Waals surface area contributed by atoms with Crippen LogP contribution >= 0.6 is 0 Å². The molecule has 46 valence electrons. The zero-order chi connectivity index (χ0) is 5.78. The summed E-state index contributed by atoms with van der Waals surface area (Å²) in [5, 5.41) is 2.95. The SMILES string of the molecule is [CH3][Ge]1([CH3])[CH2]C2OC2[CH2]1. The summed E-state index contributed by atoms with van der Waals surface area (Å²) in [5.41, 5.74) is 0. The zero-order valence-electron chi connectivity index (χ0n) is 5.48. The summed E-state index contributed by atoms with van der Waals surface area (Å²) in [7, 11) is 0. The van der Waals surface area contributed by atoms with E-state index >= 15 is 0 Å². The third kappa shape index (κ3) is 0.723. The average Bonchev–Trinajstić information content (AvgIpc) is 2.11. The molecule has 0 radical (unpaired) electrons. The minimum atomic E-state index is -1.12. The molecule has 0 saturated carbocycles. The Kier molecular flexibility index (Phi) is 0.875. The van der Waals surface area contributed by atoms with Crippen LogP contribution < -0.4 is 0 Å². The van der Waals surface area contributed by atoms with Gasteiger partial charge in [-0.15, -0.1) is 0 Å². The Labute approximate surface area is 52.8 Å². The fourth-order valence-corrected chi connectivity index (χ4v) is 8.14. The van der Waals surface area contributed by atoms with Crippen LogP contribution in [0.3, 0.4) is 0 Å². The van der Waals surface area contributed by atoms with Crippen LogP contribution in [0.15, 0.2) is 0 Å². The Morgan fingerprint density at radius 1 is 1.25 bits per heavy atom.